The predicted octanol–water partition coefficient (Wildman–Crippen LogP) is 4.76. The maximum atomic E-state index is 12.9. The van der Waals surface area contributed by atoms with E-state index in [0.717, 1.165) is 87.8 Å². The molecule has 0 spiro atoms. The molecule has 10 heteroatoms. The van der Waals surface area contributed by atoms with E-state index in [1.807, 2.05) is 36.4 Å². The van der Waals surface area contributed by atoms with Crippen LogP contribution in [0.2, 0.25) is 0 Å². The molecule has 43 heavy (non-hydrogen) atoms. The third-order valence-electron chi connectivity index (χ3n) is 8.47. The summed E-state index contributed by atoms with van der Waals surface area (Å²) in [5.41, 5.74) is 5.19. The summed E-state index contributed by atoms with van der Waals surface area (Å²) in [7, 11) is 0. The predicted molar refractivity (Wildman–Crippen MR) is 169 cm³/mol. The number of amides is 2. The number of carbonyl (C=O) groups is 2. The Balaban J connectivity index is 0.00000368. The highest BCUT2D eigenvalue weighted by Crippen LogP contribution is 2.37. The van der Waals surface area contributed by atoms with E-state index in [1.54, 1.807) is 6.20 Å². The zero-order valence-electron chi connectivity index (χ0n) is 24.3. The van der Waals surface area contributed by atoms with Gasteiger partial charge < -0.3 is 19.9 Å². The molecule has 0 unspecified atom stereocenters. The highest BCUT2D eigenvalue weighted by Gasteiger charge is 2.28. The number of morpholine rings is 1. The fraction of sp³-hybridized carbons (Fsp3) is 0.394. The summed E-state index contributed by atoms with van der Waals surface area (Å²) in [5.74, 6) is 1.10. The van der Waals surface area contributed by atoms with E-state index in [4.69, 9.17) is 9.72 Å². The van der Waals surface area contributed by atoms with Gasteiger partial charge in [0.2, 0.25) is 11.8 Å². The first-order chi connectivity index (χ1) is 20.6. The van der Waals surface area contributed by atoms with Crippen molar-refractivity contribution in [1.82, 2.24) is 24.8 Å². The van der Waals surface area contributed by atoms with Gasteiger partial charge in [0.05, 0.1) is 31.8 Å². The summed E-state index contributed by atoms with van der Waals surface area (Å²) in [6, 6.07) is 22.1. The Morgan fingerprint density at radius 1 is 0.884 bits per heavy atom. The minimum atomic E-state index is -0.215. The number of fused-ring (bicyclic) bond motifs is 1. The number of carbonyl (C=O) groups excluding carboxylic acids is 2. The van der Waals surface area contributed by atoms with Crippen LogP contribution in [-0.4, -0.2) is 64.1 Å². The number of aromatic nitrogens is 3. The minimum absolute atomic E-state index is 0. The van der Waals surface area contributed by atoms with Crippen LogP contribution < -0.4 is 10.6 Å². The third kappa shape index (κ3) is 7.60. The number of nitrogens with one attached hydrogen (secondary N) is 2. The average molecular weight is 603 g/mol. The molecule has 2 aliphatic rings. The van der Waals surface area contributed by atoms with Crippen molar-refractivity contribution in [2.45, 2.75) is 44.7 Å². The molecule has 4 aromatic rings. The molecular formula is C33H39ClN6O3. The van der Waals surface area contributed by atoms with Crippen molar-refractivity contribution in [3.8, 4) is 0 Å². The van der Waals surface area contributed by atoms with Crippen LogP contribution in [0.5, 0.6) is 0 Å². The molecule has 0 bridgehead atoms. The summed E-state index contributed by atoms with van der Waals surface area (Å²) in [6.07, 6.45) is 5.31. The van der Waals surface area contributed by atoms with Gasteiger partial charge >= 0.3 is 0 Å². The van der Waals surface area contributed by atoms with Crippen LogP contribution in [0.4, 0.5) is 5.69 Å². The van der Waals surface area contributed by atoms with Crippen LogP contribution in [-0.2, 0) is 27.4 Å². The Morgan fingerprint density at radius 3 is 2.42 bits per heavy atom. The van der Waals surface area contributed by atoms with Gasteiger partial charge in [-0.1, -0.05) is 42.5 Å². The Bertz CT molecular complexity index is 1510. The molecule has 2 fully saturated rings. The van der Waals surface area contributed by atoms with Crippen LogP contribution in [0, 0.1) is 5.92 Å². The standard InChI is InChI=1S/C33H38N6O3.ClH/c40-31(36-27-8-2-1-3-9-27)21-35-33(41)25-14-12-24(13-15-25)28-10-5-4-7-26(28)22-39-29-11-6-16-34-32(29)37-30(39)23-38-17-19-42-20-18-38;/h1-11,16,24-25H,12-15,17-23H2,(H,35,41)(H,36,40);1H. The van der Waals surface area contributed by atoms with Crippen molar-refractivity contribution in [1.29, 1.82) is 0 Å². The van der Waals surface area contributed by atoms with Crippen LogP contribution in [0.15, 0.2) is 72.9 Å². The maximum Gasteiger partial charge on any atom is 0.243 e. The van der Waals surface area contributed by atoms with E-state index >= 15 is 0 Å². The molecule has 1 saturated carbocycles. The Morgan fingerprint density at radius 2 is 1.63 bits per heavy atom. The molecule has 0 atom stereocenters. The molecular weight excluding hydrogens is 564 g/mol. The van der Waals surface area contributed by atoms with Crippen molar-refractivity contribution in [3.05, 3.63) is 89.9 Å². The van der Waals surface area contributed by atoms with E-state index in [-0.39, 0.29) is 36.7 Å². The number of hydrogen-bond donors (Lipinski definition) is 2. The van der Waals surface area contributed by atoms with E-state index in [1.165, 1.54) is 11.1 Å². The highest BCUT2D eigenvalue weighted by molar-refractivity contribution is 5.94. The number of nitrogens with zero attached hydrogens (tertiary/aromatic N) is 4. The quantitative estimate of drug-likeness (QED) is 0.286. The van der Waals surface area contributed by atoms with Gasteiger partial charge in [-0.15, -0.1) is 12.4 Å². The molecule has 226 valence electrons. The van der Waals surface area contributed by atoms with Crippen LogP contribution in [0.3, 0.4) is 0 Å². The number of imidazole rings is 1. The number of halogens is 1. The number of pyridine rings is 1. The lowest BCUT2D eigenvalue weighted by Crippen LogP contribution is -2.38. The highest BCUT2D eigenvalue weighted by atomic mass is 35.5. The van der Waals surface area contributed by atoms with E-state index in [9.17, 15) is 9.59 Å². The summed E-state index contributed by atoms with van der Waals surface area (Å²) < 4.78 is 7.86. The Labute approximate surface area is 258 Å². The van der Waals surface area contributed by atoms with E-state index in [2.05, 4.69) is 55.4 Å². The smallest absolute Gasteiger partial charge is 0.243 e. The third-order valence-corrected chi connectivity index (χ3v) is 8.47. The SMILES string of the molecule is Cl.O=C(CNC(=O)C1CCC(c2ccccc2Cn2c(CN3CCOCC3)nc3ncccc32)CC1)Nc1ccccc1. The van der Waals surface area contributed by atoms with Crippen molar-refractivity contribution in [2.75, 3.05) is 38.2 Å². The molecule has 1 aliphatic carbocycles. The van der Waals surface area contributed by atoms with E-state index < -0.39 is 0 Å². The summed E-state index contributed by atoms with van der Waals surface area (Å²) in [4.78, 5) is 37.0. The molecule has 9 nitrogen and oxygen atoms in total. The Hall–Kier alpha value is -3.79. The first-order valence-corrected chi connectivity index (χ1v) is 14.9. The lowest BCUT2D eigenvalue weighted by molar-refractivity contribution is -0.128. The average Bonchev–Trinajstić information content (AvgIpc) is 3.37. The van der Waals surface area contributed by atoms with Gasteiger partial charge in [0, 0.05) is 37.4 Å². The van der Waals surface area contributed by atoms with Crippen molar-refractivity contribution >= 4 is 41.1 Å². The Kier molecular flexibility index (Phi) is 10.4. The molecule has 2 aromatic carbocycles. The van der Waals surface area contributed by atoms with Crippen LogP contribution in [0.25, 0.3) is 11.2 Å². The van der Waals surface area contributed by atoms with Gasteiger partial charge in [-0.2, -0.15) is 0 Å². The molecule has 0 radical (unpaired) electrons. The number of ether oxygens (including phenoxy) is 1. The number of anilines is 1. The topological polar surface area (TPSA) is 101 Å². The molecule has 1 saturated heterocycles. The fourth-order valence-corrected chi connectivity index (χ4v) is 6.22. The van der Waals surface area contributed by atoms with Gasteiger partial charge in [-0.25, -0.2) is 9.97 Å². The zero-order valence-corrected chi connectivity index (χ0v) is 25.1. The van der Waals surface area contributed by atoms with Gasteiger partial charge in [0.15, 0.2) is 5.65 Å². The van der Waals surface area contributed by atoms with Gasteiger partial charge in [-0.3, -0.25) is 14.5 Å². The largest absolute Gasteiger partial charge is 0.379 e. The maximum absolute atomic E-state index is 12.9. The molecule has 2 amide bonds. The van der Waals surface area contributed by atoms with E-state index in [0.29, 0.717) is 5.92 Å². The number of benzene rings is 2. The molecule has 1 aliphatic heterocycles. The summed E-state index contributed by atoms with van der Waals surface area (Å²) >= 11 is 0. The zero-order chi connectivity index (χ0) is 28.7. The normalized spacial score (nSPS) is 19.0. The molecule has 2 N–H and O–H groups in total. The fourth-order valence-electron chi connectivity index (χ4n) is 6.22. The van der Waals surface area contributed by atoms with Crippen LogP contribution >= 0.6 is 12.4 Å². The summed E-state index contributed by atoms with van der Waals surface area (Å²) in [5, 5.41) is 5.66. The number of hydrogen-bond acceptors (Lipinski definition) is 6. The first kappa shape index (κ1) is 30.7. The number of para-hydroxylation sites is 1. The van der Waals surface area contributed by atoms with Gasteiger partial charge in [0.25, 0.3) is 0 Å². The van der Waals surface area contributed by atoms with Crippen LogP contribution in [0.1, 0.15) is 48.6 Å². The first-order valence-electron chi connectivity index (χ1n) is 14.9. The minimum Gasteiger partial charge on any atom is -0.379 e. The second-order valence-electron chi connectivity index (χ2n) is 11.2. The molecule has 2 aromatic heterocycles. The van der Waals surface area contributed by atoms with Gasteiger partial charge in [0.1, 0.15) is 5.82 Å². The van der Waals surface area contributed by atoms with Crippen molar-refractivity contribution in [3.63, 3.8) is 0 Å². The second-order valence-corrected chi connectivity index (χ2v) is 11.2. The lowest BCUT2D eigenvalue weighted by Gasteiger charge is -2.30. The lowest BCUT2D eigenvalue weighted by atomic mass is 9.77. The second kappa shape index (κ2) is 14.6. The van der Waals surface area contributed by atoms with Crippen molar-refractivity contribution in [2.24, 2.45) is 5.92 Å². The van der Waals surface area contributed by atoms with Gasteiger partial charge in [-0.05, 0) is 67.0 Å². The monoisotopic (exact) mass is 602 g/mol. The molecule has 6 rings (SSSR count). The molecule has 3 heterocycles. The van der Waals surface area contributed by atoms with Crippen molar-refractivity contribution < 1.29 is 14.3 Å². The number of rotatable bonds is 9. The summed E-state index contributed by atoms with van der Waals surface area (Å²) in [6.45, 7) is 4.80.